The zero-order chi connectivity index (χ0) is 26.7. The lowest BCUT2D eigenvalue weighted by molar-refractivity contribution is -0.137. The molecule has 2 aromatic carbocycles. The number of likely N-dealkylation sites (tertiary alicyclic amines) is 1. The second-order valence-corrected chi connectivity index (χ2v) is 10.4. The Balaban J connectivity index is 1.63. The fraction of sp³-hybridized carbons (Fsp3) is 0.414. The molecular formula is C29H33F4N3O. The average molecular weight is 516 g/mol. The van der Waals surface area contributed by atoms with E-state index in [9.17, 15) is 22.4 Å². The number of aryl methyl sites for hydroxylation is 1. The highest BCUT2D eigenvalue weighted by atomic mass is 19.4. The van der Waals surface area contributed by atoms with Gasteiger partial charge in [-0.3, -0.25) is 9.69 Å². The van der Waals surface area contributed by atoms with Crippen LogP contribution in [-0.4, -0.2) is 46.5 Å². The predicted molar refractivity (Wildman–Crippen MR) is 136 cm³/mol. The number of halogens is 4. The molecule has 0 unspecified atom stereocenters. The van der Waals surface area contributed by atoms with Gasteiger partial charge in [0.15, 0.2) is 0 Å². The Bertz CT molecular complexity index is 1200. The molecule has 4 rings (SSSR count). The highest BCUT2D eigenvalue weighted by Gasteiger charge is 2.38. The minimum absolute atomic E-state index is 0.0631. The maximum atomic E-state index is 13.5. The minimum atomic E-state index is -4.42. The van der Waals surface area contributed by atoms with E-state index in [2.05, 4.69) is 4.90 Å². The molecule has 0 N–H and O–H groups in total. The Morgan fingerprint density at radius 2 is 1.78 bits per heavy atom. The molecule has 1 fully saturated rings. The first kappa shape index (κ1) is 26.9. The maximum absolute atomic E-state index is 13.5. The Hall–Kier alpha value is -3.13. The molecule has 2 heterocycles. The number of carbonyl (C=O) groups is 1. The number of benzene rings is 2. The van der Waals surface area contributed by atoms with Crippen molar-refractivity contribution >= 4 is 5.91 Å². The molecule has 0 spiro atoms. The maximum Gasteiger partial charge on any atom is 0.416 e. The van der Waals surface area contributed by atoms with E-state index in [1.807, 2.05) is 43.8 Å². The summed E-state index contributed by atoms with van der Waals surface area (Å²) < 4.78 is 56.0. The highest BCUT2D eigenvalue weighted by Crippen LogP contribution is 2.37. The lowest BCUT2D eigenvalue weighted by Gasteiger charge is -2.30. The molecule has 2 atom stereocenters. The smallest absolute Gasteiger partial charge is 0.353 e. The van der Waals surface area contributed by atoms with E-state index in [1.165, 1.54) is 36.4 Å². The quantitative estimate of drug-likeness (QED) is 0.335. The topological polar surface area (TPSA) is 28.5 Å². The molecule has 4 nitrogen and oxygen atoms in total. The standard InChI is InChI=1S/C29H33F4N3O/c1-20(2)15-36(28(37)21-9-11-25(30)12-10-21)17-23-16-35(18-26-8-5-13-34(26)3)19-27(23)22-6-4-7-24(14-22)29(31,32)33/h4-14,20,23,27H,15-19H2,1-3H3/t23-,27+/m1/s1. The van der Waals surface area contributed by atoms with Gasteiger partial charge in [0, 0.05) is 63.1 Å². The molecule has 1 aromatic heterocycles. The summed E-state index contributed by atoms with van der Waals surface area (Å²) in [6.45, 7) is 6.86. The van der Waals surface area contributed by atoms with Crippen molar-refractivity contribution in [3.63, 3.8) is 0 Å². The molecule has 37 heavy (non-hydrogen) atoms. The molecule has 0 radical (unpaired) electrons. The van der Waals surface area contributed by atoms with Crippen LogP contribution in [0.25, 0.3) is 0 Å². The fourth-order valence-corrected chi connectivity index (χ4v) is 5.23. The summed E-state index contributed by atoms with van der Waals surface area (Å²) in [6, 6.07) is 15.1. The third-order valence-corrected chi connectivity index (χ3v) is 7.01. The van der Waals surface area contributed by atoms with Gasteiger partial charge in [-0.2, -0.15) is 13.2 Å². The summed E-state index contributed by atoms with van der Waals surface area (Å²) in [6.07, 6.45) is -2.45. The van der Waals surface area contributed by atoms with Gasteiger partial charge in [0.05, 0.1) is 5.56 Å². The van der Waals surface area contributed by atoms with Gasteiger partial charge in [0.2, 0.25) is 0 Å². The number of alkyl halides is 3. The number of hydrogen-bond acceptors (Lipinski definition) is 2. The number of nitrogens with zero attached hydrogens (tertiary/aromatic N) is 3. The fourth-order valence-electron chi connectivity index (χ4n) is 5.23. The van der Waals surface area contributed by atoms with E-state index in [0.29, 0.717) is 43.9 Å². The van der Waals surface area contributed by atoms with Crippen molar-refractivity contribution in [1.82, 2.24) is 14.4 Å². The first-order valence-electron chi connectivity index (χ1n) is 12.6. The van der Waals surface area contributed by atoms with Crippen LogP contribution < -0.4 is 0 Å². The lowest BCUT2D eigenvalue weighted by Crippen LogP contribution is -2.39. The number of carbonyl (C=O) groups excluding carboxylic acids is 1. The van der Waals surface area contributed by atoms with Gasteiger partial charge in [0.1, 0.15) is 5.82 Å². The van der Waals surface area contributed by atoms with Crippen molar-refractivity contribution in [3.05, 3.63) is 95.1 Å². The molecule has 198 valence electrons. The number of hydrogen-bond donors (Lipinski definition) is 0. The van der Waals surface area contributed by atoms with Gasteiger partial charge in [-0.05, 0) is 59.9 Å². The van der Waals surface area contributed by atoms with E-state index >= 15 is 0 Å². The van der Waals surface area contributed by atoms with E-state index in [-0.39, 0.29) is 23.7 Å². The van der Waals surface area contributed by atoms with E-state index < -0.39 is 17.6 Å². The number of rotatable bonds is 8. The Morgan fingerprint density at radius 3 is 2.41 bits per heavy atom. The van der Waals surface area contributed by atoms with Crippen molar-refractivity contribution in [2.45, 2.75) is 32.5 Å². The molecule has 1 saturated heterocycles. The Labute approximate surface area is 215 Å². The molecule has 8 heteroatoms. The summed E-state index contributed by atoms with van der Waals surface area (Å²) in [5.74, 6) is -0.650. The average Bonchev–Trinajstić information content (AvgIpc) is 3.43. The minimum Gasteiger partial charge on any atom is -0.353 e. The monoisotopic (exact) mass is 515 g/mol. The van der Waals surface area contributed by atoms with Gasteiger partial charge in [0.25, 0.3) is 5.91 Å². The second kappa shape index (κ2) is 11.1. The zero-order valence-corrected chi connectivity index (χ0v) is 21.4. The van der Waals surface area contributed by atoms with Crippen LogP contribution in [0.5, 0.6) is 0 Å². The Morgan fingerprint density at radius 1 is 1.05 bits per heavy atom. The van der Waals surface area contributed by atoms with Crippen molar-refractivity contribution < 1.29 is 22.4 Å². The summed E-state index contributed by atoms with van der Waals surface area (Å²) in [7, 11) is 1.97. The van der Waals surface area contributed by atoms with Gasteiger partial charge < -0.3 is 9.47 Å². The number of amides is 1. The van der Waals surface area contributed by atoms with Crippen LogP contribution in [0, 0.1) is 17.7 Å². The molecule has 1 aliphatic heterocycles. The highest BCUT2D eigenvalue weighted by molar-refractivity contribution is 5.94. The molecule has 0 bridgehead atoms. The molecule has 3 aromatic rings. The van der Waals surface area contributed by atoms with Crippen LogP contribution in [0.4, 0.5) is 17.6 Å². The number of aromatic nitrogens is 1. The van der Waals surface area contributed by atoms with Gasteiger partial charge in [-0.1, -0.05) is 32.0 Å². The van der Waals surface area contributed by atoms with Gasteiger partial charge >= 0.3 is 6.18 Å². The van der Waals surface area contributed by atoms with E-state index in [0.717, 1.165) is 11.8 Å². The van der Waals surface area contributed by atoms with Crippen molar-refractivity contribution in [2.75, 3.05) is 26.2 Å². The van der Waals surface area contributed by atoms with Gasteiger partial charge in [-0.25, -0.2) is 4.39 Å². The van der Waals surface area contributed by atoms with Crippen molar-refractivity contribution in [1.29, 1.82) is 0 Å². The lowest BCUT2D eigenvalue weighted by atomic mass is 9.87. The summed E-state index contributed by atoms with van der Waals surface area (Å²) >= 11 is 0. The third-order valence-electron chi connectivity index (χ3n) is 7.01. The van der Waals surface area contributed by atoms with Crippen LogP contribution in [-0.2, 0) is 19.8 Å². The largest absolute Gasteiger partial charge is 0.416 e. The van der Waals surface area contributed by atoms with E-state index in [1.54, 1.807) is 11.0 Å². The van der Waals surface area contributed by atoms with Crippen LogP contribution in [0.15, 0.2) is 66.9 Å². The first-order valence-corrected chi connectivity index (χ1v) is 12.6. The molecule has 0 aliphatic carbocycles. The van der Waals surface area contributed by atoms with Crippen LogP contribution in [0.1, 0.15) is 46.9 Å². The summed E-state index contributed by atoms with van der Waals surface area (Å²) in [5, 5.41) is 0. The first-order chi connectivity index (χ1) is 17.5. The third kappa shape index (κ3) is 6.60. The zero-order valence-electron chi connectivity index (χ0n) is 21.4. The van der Waals surface area contributed by atoms with Crippen LogP contribution in [0.2, 0.25) is 0 Å². The van der Waals surface area contributed by atoms with Gasteiger partial charge in [-0.15, -0.1) is 0 Å². The normalized spacial score (nSPS) is 18.5. The predicted octanol–water partition coefficient (Wildman–Crippen LogP) is 6.20. The Kier molecular flexibility index (Phi) is 8.07. The molecule has 1 aliphatic rings. The van der Waals surface area contributed by atoms with Crippen molar-refractivity contribution in [3.8, 4) is 0 Å². The summed E-state index contributed by atoms with van der Waals surface area (Å²) in [5.41, 5.74) is 1.49. The molecule has 0 saturated carbocycles. The molecular weight excluding hydrogens is 482 g/mol. The summed E-state index contributed by atoms with van der Waals surface area (Å²) in [4.78, 5) is 17.5. The van der Waals surface area contributed by atoms with Crippen molar-refractivity contribution in [2.24, 2.45) is 18.9 Å². The molecule has 1 amide bonds. The second-order valence-electron chi connectivity index (χ2n) is 10.4. The van der Waals surface area contributed by atoms with Crippen LogP contribution >= 0.6 is 0 Å². The van der Waals surface area contributed by atoms with E-state index in [4.69, 9.17) is 0 Å². The van der Waals surface area contributed by atoms with Crippen LogP contribution in [0.3, 0.4) is 0 Å². The SMILES string of the molecule is CC(C)CN(C[C@H]1CN(Cc2cccn2C)C[C@H]1c1cccc(C(F)(F)F)c1)C(=O)c1ccc(F)cc1.